The molecule has 0 amide bonds. The summed E-state index contributed by atoms with van der Waals surface area (Å²) in [6, 6.07) is 6.53. The molecule has 0 saturated heterocycles. The fraction of sp³-hybridized carbons (Fsp3) is 0.429. The van der Waals surface area contributed by atoms with Gasteiger partial charge in [0.1, 0.15) is 0 Å². The summed E-state index contributed by atoms with van der Waals surface area (Å²) in [7, 11) is 0. The summed E-state index contributed by atoms with van der Waals surface area (Å²) in [5, 5.41) is 0. The minimum absolute atomic E-state index is 0.359. The molecule has 17 heavy (non-hydrogen) atoms. The van der Waals surface area contributed by atoms with Gasteiger partial charge in [0.15, 0.2) is 0 Å². The van der Waals surface area contributed by atoms with Gasteiger partial charge in [0, 0.05) is 0 Å². The fourth-order valence-electron chi connectivity index (χ4n) is 1.03. The van der Waals surface area contributed by atoms with Crippen LogP contribution in [-0.4, -0.2) is 11.9 Å². The average molecular weight is 238 g/mol. The van der Waals surface area contributed by atoms with E-state index in [1.54, 1.807) is 24.3 Å². The van der Waals surface area contributed by atoms with Crippen LogP contribution in [0.4, 0.5) is 0 Å². The molecule has 0 atom stereocenters. The number of benzene rings is 1. The van der Waals surface area contributed by atoms with Crippen molar-refractivity contribution in [3.8, 4) is 0 Å². The Balaban J connectivity index is 0. The molecule has 3 nitrogen and oxygen atoms in total. The number of carbonyl (C=O) groups excluding carboxylic acids is 2. The number of esters is 2. The van der Waals surface area contributed by atoms with Crippen LogP contribution in [0.25, 0.3) is 0 Å². The Labute approximate surface area is 104 Å². The standard InChI is InChI=1S/C8H4O3.3C2H6/c9-7-5-3-1-2-4-6(5)8(10)11-7;3*1-2/h1-4H;3*1-2H3. The van der Waals surface area contributed by atoms with Crippen LogP contribution >= 0.6 is 0 Å². The van der Waals surface area contributed by atoms with Gasteiger partial charge in [-0.1, -0.05) is 53.7 Å². The Morgan fingerprint density at radius 1 is 0.706 bits per heavy atom. The second-order valence-corrected chi connectivity index (χ2v) is 2.22. The second kappa shape index (κ2) is 10.9. The van der Waals surface area contributed by atoms with Crippen molar-refractivity contribution < 1.29 is 14.3 Å². The SMILES string of the molecule is CC.CC.CC.O=C1OC(=O)c2ccccc21. The maximum absolute atomic E-state index is 10.8. The van der Waals surface area contributed by atoms with Crippen molar-refractivity contribution in [1.82, 2.24) is 0 Å². The van der Waals surface area contributed by atoms with Crippen LogP contribution in [0, 0.1) is 0 Å². The Kier molecular flexibility index (Phi) is 11.3. The Hall–Kier alpha value is -1.64. The molecule has 0 bridgehead atoms. The van der Waals surface area contributed by atoms with Crippen molar-refractivity contribution in [1.29, 1.82) is 0 Å². The largest absolute Gasteiger partial charge is 0.386 e. The van der Waals surface area contributed by atoms with E-state index in [2.05, 4.69) is 4.74 Å². The molecule has 1 aromatic carbocycles. The third kappa shape index (κ3) is 4.81. The van der Waals surface area contributed by atoms with E-state index in [1.807, 2.05) is 41.5 Å². The average Bonchev–Trinajstić information content (AvgIpc) is 2.73. The van der Waals surface area contributed by atoms with E-state index < -0.39 is 11.9 Å². The number of cyclic esters (lactones) is 2. The molecule has 1 aliphatic heterocycles. The molecule has 1 aliphatic rings. The van der Waals surface area contributed by atoms with E-state index in [1.165, 1.54) is 0 Å². The summed E-state index contributed by atoms with van der Waals surface area (Å²) in [5.41, 5.74) is 0.718. The summed E-state index contributed by atoms with van der Waals surface area (Å²) in [6.07, 6.45) is 0. The van der Waals surface area contributed by atoms with Crippen LogP contribution < -0.4 is 0 Å². The first-order valence-corrected chi connectivity index (χ1v) is 6.14. The molecular weight excluding hydrogens is 216 g/mol. The van der Waals surface area contributed by atoms with Crippen molar-refractivity contribution in [3.05, 3.63) is 35.4 Å². The quantitative estimate of drug-likeness (QED) is 0.505. The maximum atomic E-state index is 10.8. The van der Waals surface area contributed by atoms with Crippen LogP contribution in [-0.2, 0) is 4.74 Å². The number of fused-ring (bicyclic) bond motifs is 1. The number of rotatable bonds is 0. The lowest BCUT2D eigenvalue weighted by atomic mass is 10.1. The molecule has 0 radical (unpaired) electrons. The smallest absolute Gasteiger partial charge is 0.346 e. The lowest BCUT2D eigenvalue weighted by Gasteiger charge is -1.86. The van der Waals surface area contributed by atoms with Gasteiger partial charge in [0.05, 0.1) is 11.1 Å². The zero-order chi connectivity index (χ0) is 13.8. The zero-order valence-electron chi connectivity index (χ0n) is 11.5. The molecule has 0 aromatic heterocycles. The van der Waals surface area contributed by atoms with Crippen LogP contribution in [0.3, 0.4) is 0 Å². The number of carbonyl (C=O) groups is 2. The first kappa shape index (κ1) is 17.7. The van der Waals surface area contributed by atoms with E-state index in [9.17, 15) is 9.59 Å². The summed E-state index contributed by atoms with van der Waals surface area (Å²) < 4.78 is 4.35. The number of ether oxygens (including phenoxy) is 1. The fourth-order valence-corrected chi connectivity index (χ4v) is 1.03. The van der Waals surface area contributed by atoms with Crippen LogP contribution in [0.15, 0.2) is 24.3 Å². The van der Waals surface area contributed by atoms with E-state index in [0.717, 1.165) is 0 Å². The van der Waals surface area contributed by atoms with E-state index in [0.29, 0.717) is 11.1 Å². The van der Waals surface area contributed by atoms with Crippen molar-refractivity contribution in [3.63, 3.8) is 0 Å². The summed E-state index contributed by atoms with van der Waals surface area (Å²) >= 11 is 0. The first-order chi connectivity index (χ1) is 8.29. The second-order valence-electron chi connectivity index (χ2n) is 2.22. The first-order valence-electron chi connectivity index (χ1n) is 6.14. The highest BCUT2D eigenvalue weighted by Gasteiger charge is 2.28. The third-order valence-corrected chi connectivity index (χ3v) is 1.55. The molecular formula is C14H22O3. The van der Waals surface area contributed by atoms with Crippen LogP contribution in [0.1, 0.15) is 62.3 Å². The molecule has 0 unspecified atom stereocenters. The van der Waals surface area contributed by atoms with Crippen molar-refractivity contribution in [2.45, 2.75) is 41.5 Å². The normalized spacial score (nSPS) is 10.5. The minimum Gasteiger partial charge on any atom is -0.386 e. The summed E-state index contributed by atoms with van der Waals surface area (Å²) in [4.78, 5) is 21.7. The summed E-state index contributed by atoms with van der Waals surface area (Å²) in [5.74, 6) is -1.10. The Morgan fingerprint density at radius 3 is 1.29 bits per heavy atom. The van der Waals surface area contributed by atoms with E-state index in [-0.39, 0.29) is 0 Å². The van der Waals surface area contributed by atoms with Gasteiger partial charge in [-0.05, 0) is 12.1 Å². The van der Waals surface area contributed by atoms with E-state index in [4.69, 9.17) is 0 Å². The molecule has 1 aromatic rings. The number of hydrogen-bond donors (Lipinski definition) is 0. The van der Waals surface area contributed by atoms with Gasteiger partial charge in [-0.2, -0.15) is 0 Å². The highest BCUT2D eigenvalue weighted by molar-refractivity contribution is 6.14. The van der Waals surface area contributed by atoms with Gasteiger partial charge in [-0.3, -0.25) is 0 Å². The van der Waals surface area contributed by atoms with Gasteiger partial charge in [0.2, 0.25) is 0 Å². The molecule has 0 spiro atoms. The van der Waals surface area contributed by atoms with Crippen molar-refractivity contribution >= 4 is 11.9 Å². The van der Waals surface area contributed by atoms with Gasteiger partial charge in [0.25, 0.3) is 0 Å². The highest BCUT2D eigenvalue weighted by Crippen LogP contribution is 2.18. The molecule has 0 saturated carbocycles. The van der Waals surface area contributed by atoms with Crippen molar-refractivity contribution in [2.24, 2.45) is 0 Å². The molecule has 3 heteroatoms. The predicted molar refractivity (Wildman–Crippen MR) is 70.2 cm³/mol. The van der Waals surface area contributed by atoms with Gasteiger partial charge < -0.3 is 4.74 Å². The van der Waals surface area contributed by atoms with Crippen molar-refractivity contribution in [2.75, 3.05) is 0 Å². The molecule has 0 fully saturated rings. The molecule has 0 N–H and O–H groups in total. The Morgan fingerprint density at radius 2 is 1.00 bits per heavy atom. The third-order valence-electron chi connectivity index (χ3n) is 1.55. The Bertz CT molecular complexity index is 310. The minimum atomic E-state index is -0.550. The van der Waals surface area contributed by atoms with Crippen LogP contribution in [0.5, 0.6) is 0 Å². The molecule has 1 heterocycles. The van der Waals surface area contributed by atoms with Gasteiger partial charge >= 0.3 is 11.9 Å². The zero-order valence-corrected chi connectivity index (χ0v) is 11.5. The maximum Gasteiger partial charge on any atom is 0.346 e. The lowest BCUT2D eigenvalue weighted by Crippen LogP contribution is -1.96. The number of hydrogen-bond acceptors (Lipinski definition) is 3. The van der Waals surface area contributed by atoms with E-state index >= 15 is 0 Å². The highest BCUT2D eigenvalue weighted by atomic mass is 16.6. The summed E-state index contributed by atoms with van der Waals surface area (Å²) in [6.45, 7) is 12.0. The molecule has 2 rings (SSSR count). The topological polar surface area (TPSA) is 43.4 Å². The monoisotopic (exact) mass is 238 g/mol. The predicted octanol–water partition coefficient (Wildman–Crippen LogP) is 4.08. The van der Waals surface area contributed by atoms with Crippen LogP contribution in [0.2, 0.25) is 0 Å². The van der Waals surface area contributed by atoms with Gasteiger partial charge in [-0.25, -0.2) is 9.59 Å². The lowest BCUT2D eigenvalue weighted by molar-refractivity contribution is 0.0444. The molecule has 96 valence electrons. The van der Waals surface area contributed by atoms with Gasteiger partial charge in [-0.15, -0.1) is 0 Å². The molecule has 0 aliphatic carbocycles.